The molecule has 1 heterocycles. The molecular weight excluding hydrogens is 258 g/mol. The van der Waals surface area contributed by atoms with E-state index in [9.17, 15) is 4.79 Å². The van der Waals surface area contributed by atoms with E-state index in [2.05, 4.69) is 15.0 Å². The van der Waals surface area contributed by atoms with Gasteiger partial charge in [-0.25, -0.2) is 9.78 Å². The van der Waals surface area contributed by atoms with Crippen molar-refractivity contribution in [2.45, 2.75) is 32.8 Å². The van der Waals surface area contributed by atoms with E-state index in [4.69, 9.17) is 10.5 Å². The molecule has 0 saturated carbocycles. The first kappa shape index (κ1) is 16.2. The summed E-state index contributed by atoms with van der Waals surface area (Å²) in [6.45, 7) is 5.55. The van der Waals surface area contributed by atoms with Gasteiger partial charge in [-0.1, -0.05) is 0 Å². The molecule has 20 heavy (non-hydrogen) atoms. The normalized spacial score (nSPS) is 10.6. The Bertz CT molecular complexity index is 436. The second-order valence-corrected chi connectivity index (χ2v) is 4.70. The number of carbonyl (C=O) groups excluding carboxylic acids is 1. The van der Waals surface area contributed by atoms with Crippen molar-refractivity contribution in [3.05, 3.63) is 17.8 Å². The minimum absolute atomic E-state index is 0.268. The van der Waals surface area contributed by atoms with Gasteiger partial charge in [-0.2, -0.15) is 0 Å². The molecule has 6 heteroatoms. The summed E-state index contributed by atoms with van der Waals surface area (Å²) in [5.74, 6) is 0.155. The van der Waals surface area contributed by atoms with Gasteiger partial charge in [0.2, 0.25) is 0 Å². The molecule has 0 radical (unpaired) electrons. The van der Waals surface area contributed by atoms with Gasteiger partial charge in [0, 0.05) is 13.2 Å². The molecule has 0 aliphatic heterocycles. The number of nitrogens with one attached hydrogen (secondary N) is 1. The number of hydrogen-bond acceptors (Lipinski definition) is 6. The molecule has 0 amide bonds. The number of hydrogen-bond donors (Lipinski definition) is 2. The van der Waals surface area contributed by atoms with Crippen LogP contribution in [-0.4, -0.2) is 37.3 Å². The molecule has 0 unspecified atom stereocenters. The number of aromatic nitrogens is 1. The van der Waals surface area contributed by atoms with Crippen molar-refractivity contribution in [2.75, 3.05) is 31.3 Å². The number of nitrogens with zero attached hydrogens (tertiary/aromatic N) is 1. The van der Waals surface area contributed by atoms with E-state index < -0.39 is 5.97 Å². The van der Waals surface area contributed by atoms with Gasteiger partial charge in [-0.15, -0.1) is 0 Å². The number of rotatable bonds is 8. The van der Waals surface area contributed by atoms with Crippen LogP contribution in [0.15, 0.2) is 12.3 Å². The minimum Gasteiger partial charge on any atom is -0.465 e. The fraction of sp³-hybridized carbons (Fsp3) is 0.571. The number of carbonyl (C=O) groups is 1. The zero-order chi connectivity index (χ0) is 15.0. The van der Waals surface area contributed by atoms with Crippen molar-refractivity contribution in [3.8, 4) is 0 Å². The first-order valence-electron chi connectivity index (χ1n) is 6.74. The number of nitrogen functional groups attached to an aromatic ring is 1. The SMILES string of the molecule is COC(=O)c1cc(NCCCCOC(C)C)ncc1N. The van der Waals surface area contributed by atoms with Crippen molar-refractivity contribution in [2.24, 2.45) is 0 Å². The minimum atomic E-state index is -0.460. The molecule has 0 aliphatic rings. The topological polar surface area (TPSA) is 86.5 Å². The van der Waals surface area contributed by atoms with Crippen molar-refractivity contribution in [1.82, 2.24) is 4.98 Å². The van der Waals surface area contributed by atoms with Crippen LogP contribution in [0.2, 0.25) is 0 Å². The van der Waals surface area contributed by atoms with Crippen LogP contribution in [-0.2, 0) is 9.47 Å². The highest BCUT2D eigenvalue weighted by Gasteiger charge is 2.11. The van der Waals surface area contributed by atoms with Gasteiger partial charge in [0.1, 0.15) is 5.82 Å². The monoisotopic (exact) mass is 281 g/mol. The highest BCUT2D eigenvalue weighted by Crippen LogP contribution is 2.15. The Kier molecular flexibility index (Phi) is 6.79. The Hall–Kier alpha value is -1.82. The van der Waals surface area contributed by atoms with Gasteiger partial charge >= 0.3 is 5.97 Å². The fourth-order valence-electron chi connectivity index (χ4n) is 1.61. The van der Waals surface area contributed by atoms with Gasteiger partial charge in [-0.05, 0) is 32.8 Å². The maximum atomic E-state index is 11.5. The Labute approximate surface area is 119 Å². The van der Waals surface area contributed by atoms with Crippen LogP contribution in [0, 0.1) is 0 Å². The summed E-state index contributed by atoms with van der Waals surface area (Å²) in [6.07, 6.45) is 3.66. The van der Waals surface area contributed by atoms with E-state index in [0.717, 1.165) is 26.0 Å². The highest BCUT2D eigenvalue weighted by atomic mass is 16.5. The summed E-state index contributed by atoms with van der Waals surface area (Å²) in [7, 11) is 1.32. The molecule has 0 bridgehead atoms. The Morgan fingerprint density at radius 2 is 2.20 bits per heavy atom. The third kappa shape index (κ3) is 5.44. The third-order valence-corrected chi connectivity index (χ3v) is 2.67. The van der Waals surface area contributed by atoms with Crippen LogP contribution in [0.4, 0.5) is 11.5 Å². The van der Waals surface area contributed by atoms with Gasteiger partial charge < -0.3 is 20.5 Å². The van der Waals surface area contributed by atoms with Crippen molar-refractivity contribution < 1.29 is 14.3 Å². The zero-order valence-corrected chi connectivity index (χ0v) is 12.3. The molecule has 0 fully saturated rings. The quantitative estimate of drug-likeness (QED) is 0.560. The number of methoxy groups -OCH3 is 1. The molecule has 0 spiro atoms. The molecule has 0 aromatic carbocycles. The zero-order valence-electron chi connectivity index (χ0n) is 12.3. The largest absolute Gasteiger partial charge is 0.465 e. The van der Waals surface area contributed by atoms with E-state index in [-0.39, 0.29) is 6.10 Å². The van der Waals surface area contributed by atoms with Gasteiger partial charge in [0.05, 0.1) is 30.7 Å². The summed E-state index contributed by atoms with van der Waals surface area (Å²) in [5, 5.41) is 3.15. The van der Waals surface area contributed by atoms with E-state index in [1.165, 1.54) is 13.3 Å². The smallest absolute Gasteiger partial charge is 0.340 e. The Morgan fingerprint density at radius 1 is 1.45 bits per heavy atom. The molecular formula is C14H23N3O3. The number of nitrogens with two attached hydrogens (primary N) is 1. The Morgan fingerprint density at radius 3 is 2.85 bits per heavy atom. The van der Waals surface area contributed by atoms with E-state index >= 15 is 0 Å². The lowest BCUT2D eigenvalue weighted by Gasteiger charge is -2.09. The third-order valence-electron chi connectivity index (χ3n) is 2.67. The molecule has 112 valence electrons. The molecule has 3 N–H and O–H groups in total. The average Bonchev–Trinajstić information content (AvgIpc) is 2.43. The summed E-state index contributed by atoms with van der Waals surface area (Å²) in [4.78, 5) is 15.6. The molecule has 1 aromatic rings. The van der Waals surface area contributed by atoms with Crippen LogP contribution in [0.1, 0.15) is 37.0 Å². The lowest BCUT2D eigenvalue weighted by Crippen LogP contribution is -2.10. The number of pyridine rings is 1. The maximum Gasteiger partial charge on any atom is 0.340 e. The van der Waals surface area contributed by atoms with Gasteiger partial charge in [0.15, 0.2) is 0 Å². The van der Waals surface area contributed by atoms with Crippen LogP contribution < -0.4 is 11.1 Å². The molecule has 1 aromatic heterocycles. The highest BCUT2D eigenvalue weighted by molar-refractivity contribution is 5.95. The number of anilines is 2. The van der Waals surface area contributed by atoms with Crippen molar-refractivity contribution in [3.63, 3.8) is 0 Å². The molecule has 0 atom stereocenters. The molecule has 1 rings (SSSR count). The lowest BCUT2D eigenvalue weighted by atomic mass is 10.2. The second-order valence-electron chi connectivity index (χ2n) is 4.70. The summed E-state index contributed by atoms with van der Waals surface area (Å²) >= 11 is 0. The van der Waals surface area contributed by atoms with E-state index in [1.807, 2.05) is 13.8 Å². The molecule has 0 saturated heterocycles. The summed E-state index contributed by atoms with van der Waals surface area (Å²) in [5.41, 5.74) is 6.32. The van der Waals surface area contributed by atoms with Crippen LogP contribution in [0.3, 0.4) is 0 Å². The molecule has 6 nitrogen and oxygen atoms in total. The van der Waals surface area contributed by atoms with Crippen molar-refractivity contribution in [1.29, 1.82) is 0 Å². The van der Waals surface area contributed by atoms with Crippen LogP contribution in [0.25, 0.3) is 0 Å². The summed E-state index contributed by atoms with van der Waals surface area (Å²) < 4.78 is 10.1. The Balaban J connectivity index is 2.39. The number of unbranched alkanes of at least 4 members (excludes halogenated alkanes) is 1. The molecule has 0 aliphatic carbocycles. The average molecular weight is 281 g/mol. The first-order chi connectivity index (χ1) is 9.54. The number of esters is 1. The maximum absolute atomic E-state index is 11.5. The predicted molar refractivity (Wildman–Crippen MR) is 78.8 cm³/mol. The van der Waals surface area contributed by atoms with Crippen LogP contribution in [0.5, 0.6) is 0 Å². The fourth-order valence-corrected chi connectivity index (χ4v) is 1.61. The predicted octanol–water partition coefficient (Wildman–Crippen LogP) is 2.07. The second kappa shape index (κ2) is 8.37. The summed E-state index contributed by atoms with van der Waals surface area (Å²) in [6, 6.07) is 1.60. The van der Waals surface area contributed by atoms with Crippen molar-refractivity contribution >= 4 is 17.5 Å². The van der Waals surface area contributed by atoms with Gasteiger partial charge in [-0.3, -0.25) is 0 Å². The van der Waals surface area contributed by atoms with E-state index in [1.54, 1.807) is 6.07 Å². The van der Waals surface area contributed by atoms with Crippen LogP contribution >= 0.6 is 0 Å². The first-order valence-corrected chi connectivity index (χ1v) is 6.74. The lowest BCUT2D eigenvalue weighted by molar-refractivity contribution is 0.0602. The number of ether oxygens (including phenoxy) is 2. The van der Waals surface area contributed by atoms with Gasteiger partial charge in [0.25, 0.3) is 0 Å². The van der Waals surface area contributed by atoms with E-state index in [0.29, 0.717) is 17.1 Å². The standard InChI is InChI=1S/C14H23N3O3/c1-10(2)20-7-5-4-6-16-13-8-11(14(18)19-3)12(15)9-17-13/h8-10H,4-7,15H2,1-3H3,(H,16,17).